The minimum absolute atomic E-state index is 0.00538. The molecular weight excluding hydrogens is 419 g/mol. The molecule has 0 saturated heterocycles. The second-order valence-corrected chi connectivity index (χ2v) is 9.12. The summed E-state index contributed by atoms with van der Waals surface area (Å²) < 4.78 is 24.1. The number of nitrogens with one attached hydrogen (secondary N) is 1. The summed E-state index contributed by atoms with van der Waals surface area (Å²) in [4.78, 5) is 37.8. The number of halogens is 1. The van der Waals surface area contributed by atoms with Crippen LogP contribution in [0.25, 0.3) is 0 Å². The van der Waals surface area contributed by atoms with Crippen LogP contribution in [0.15, 0.2) is 30.3 Å². The molecule has 1 rings (SSSR count). The van der Waals surface area contributed by atoms with Crippen molar-refractivity contribution >= 4 is 17.8 Å². The van der Waals surface area contributed by atoms with Crippen LogP contribution < -0.4 is 11.1 Å². The molecule has 4 N–H and O–H groups in total. The topological polar surface area (TPSA) is 128 Å². The summed E-state index contributed by atoms with van der Waals surface area (Å²) in [7, 11) is 0. The van der Waals surface area contributed by atoms with Crippen molar-refractivity contribution in [3.63, 3.8) is 0 Å². The Balaban J connectivity index is 2.96. The van der Waals surface area contributed by atoms with Gasteiger partial charge in [0.2, 0.25) is 0 Å². The first-order chi connectivity index (χ1) is 14.8. The number of hydrogen-bond acceptors (Lipinski definition) is 7. The Morgan fingerprint density at radius 1 is 1.16 bits per heavy atom. The maximum atomic E-state index is 13.7. The Morgan fingerprint density at radius 2 is 1.75 bits per heavy atom. The van der Waals surface area contributed by atoms with Gasteiger partial charge in [0.05, 0.1) is 18.4 Å². The number of carbonyl (C=O) groups excluding carboxylic acids is 3. The number of rotatable bonds is 11. The largest absolute Gasteiger partial charge is 0.460 e. The van der Waals surface area contributed by atoms with Crippen molar-refractivity contribution in [1.82, 2.24) is 5.32 Å². The number of ketones is 1. The Morgan fingerprint density at radius 3 is 2.25 bits per heavy atom. The summed E-state index contributed by atoms with van der Waals surface area (Å²) in [6.07, 6.45) is -5.42. The molecule has 8 nitrogen and oxygen atoms in total. The molecule has 180 valence electrons. The third kappa shape index (κ3) is 10.2. The standard InChI is InChI=1S/C23H35FN2O6/c1-14(2)11-17(26-22(30)31-13-15-9-7-6-8-10-15)19(28)16(20(29)21(24)25)12-18(27)32-23(3,4)5/h6-10,14,16-17,20-21,29H,11-13,25H2,1-5H3,(H,26,30)/t16?,17-,20?,21?/m0/s1. The molecule has 3 unspecified atom stereocenters. The number of Topliss-reactive ketones (excluding diaryl/α,β-unsaturated/α-hetero) is 1. The quantitative estimate of drug-likeness (QED) is 0.346. The van der Waals surface area contributed by atoms with E-state index in [1.54, 1.807) is 45.0 Å². The van der Waals surface area contributed by atoms with Crippen molar-refractivity contribution in [1.29, 1.82) is 0 Å². The molecule has 32 heavy (non-hydrogen) atoms. The van der Waals surface area contributed by atoms with Crippen LogP contribution in [-0.4, -0.2) is 47.0 Å². The van der Waals surface area contributed by atoms with E-state index in [1.165, 1.54) is 0 Å². The van der Waals surface area contributed by atoms with Gasteiger partial charge in [-0.25, -0.2) is 9.18 Å². The van der Waals surface area contributed by atoms with Crippen molar-refractivity contribution in [3.05, 3.63) is 35.9 Å². The highest BCUT2D eigenvalue weighted by atomic mass is 19.1. The van der Waals surface area contributed by atoms with Gasteiger partial charge in [0.25, 0.3) is 0 Å². The van der Waals surface area contributed by atoms with E-state index >= 15 is 0 Å². The normalized spacial score (nSPS) is 15.4. The molecule has 4 atom stereocenters. The molecule has 0 aliphatic heterocycles. The Hall–Kier alpha value is -2.52. The third-order valence-electron chi connectivity index (χ3n) is 4.47. The number of alkyl carbamates (subject to hydrolysis) is 1. The fourth-order valence-corrected chi connectivity index (χ4v) is 3.06. The predicted molar refractivity (Wildman–Crippen MR) is 117 cm³/mol. The minimum Gasteiger partial charge on any atom is -0.460 e. The molecule has 1 aromatic rings. The predicted octanol–water partition coefficient (Wildman–Crippen LogP) is 2.86. The van der Waals surface area contributed by atoms with Crippen molar-refractivity contribution in [2.45, 2.75) is 78.1 Å². The Labute approximate surface area is 188 Å². The van der Waals surface area contributed by atoms with E-state index in [9.17, 15) is 23.9 Å². The molecule has 0 aliphatic carbocycles. The van der Waals surface area contributed by atoms with Gasteiger partial charge >= 0.3 is 12.1 Å². The lowest BCUT2D eigenvalue weighted by Crippen LogP contribution is -2.50. The minimum atomic E-state index is -2.25. The van der Waals surface area contributed by atoms with E-state index in [4.69, 9.17) is 15.2 Å². The van der Waals surface area contributed by atoms with Crippen molar-refractivity contribution < 1.29 is 33.4 Å². The van der Waals surface area contributed by atoms with Crippen LogP contribution in [0.3, 0.4) is 0 Å². The van der Waals surface area contributed by atoms with Gasteiger partial charge in [-0.05, 0) is 38.7 Å². The smallest absolute Gasteiger partial charge is 0.408 e. The first-order valence-corrected chi connectivity index (χ1v) is 10.6. The molecule has 0 aliphatic rings. The number of alkyl halides is 1. The van der Waals surface area contributed by atoms with Crippen molar-refractivity contribution in [2.75, 3.05) is 0 Å². The van der Waals surface area contributed by atoms with Gasteiger partial charge in [0.15, 0.2) is 12.1 Å². The first kappa shape index (κ1) is 27.5. The number of benzene rings is 1. The molecule has 0 saturated carbocycles. The number of hydrogen-bond donors (Lipinski definition) is 3. The van der Waals surface area contributed by atoms with E-state index in [0.717, 1.165) is 5.56 Å². The molecule has 0 radical (unpaired) electrons. The van der Waals surface area contributed by atoms with Crippen LogP contribution in [0.1, 0.15) is 53.0 Å². The summed E-state index contributed by atoms with van der Waals surface area (Å²) in [6, 6.07) is 7.86. The second-order valence-electron chi connectivity index (χ2n) is 9.12. The van der Waals surface area contributed by atoms with Gasteiger partial charge in [0.1, 0.15) is 18.3 Å². The molecule has 9 heteroatoms. The van der Waals surface area contributed by atoms with E-state index in [2.05, 4.69) is 5.32 Å². The van der Waals surface area contributed by atoms with Gasteiger partial charge in [-0.2, -0.15) is 0 Å². The van der Waals surface area contributed by atoms with Gasteiger partial charge in [-0.3, -0.25) is 15.3 Å². The van der Waals surface area contributed by atoms with Crippen LogP contribution in [0, 0.1) is 11.8 Å². The molecule has 0 fully saturated rings. The molecule has 0 bridgehead atoms. The Bertz CT molecular complexity index is 749. The highest BCUT2D eigenvalue weighted by Crippen LogP contribution is 2.21. The zero-order chi connectivity index (χ0) is 24.5. The van der Waals surface area contributed by atoms with Crippen molar-refractivity contribution in [3.8, 4) is 0 Å². The molecule has 0 spiro atoms. The fraction of sp³-hybridized carbons (Fsp3) is 0.609. The summed E-state index contributed by atoms with van der Waals surface area (Å²) >= 11 is 0. The van der Waals surface area contributed by atoms with Gasteiger partial charge in [-0.15, -0.1) is 0 Å². The second kappa shape index (κ2) is 12.5. The van der Waals surface area contributed by atoms with Crippen molar-refractivity contribution in [2.24, 2.45) is 17.6 Å². The number of carbonyl (C=O) groups is 3. The highest BCUT2D eigenvalue weighted by Gasteiger charge is 2.39. The summed E-state index contributed by atoms with van der Waals surface area (Å²) in [5.74, 6) is -3.04. The number of amides is 1. The number of esters is 1. The van der Waals surface area contributed by atoms with Crippen LogP contribution >= 0.6 is 0 Å². The lowest BCUT2D eigenvalue weighted by Gasteiger charge is -2.28. The SMILES string of the molecule is CC(C)C[C@H](NC(=O)OCc1ccccc1)C(=O)C(CC(=O)OC(C)(C)C)C(O)C(N)F. The number of aliphatic hydroxyl groups is 1. The zero-order valence-electron chi connectivity index (χ0n) is 19.3. The maximum absolute atomic E-state index is 13.7. The molecular formula is C23H35FN2O6. The highest BCUT2D eigenvalue weighted by molar-refractivity contribution is 5.92. The maximum Gasteiger partial charge on any atom is 0.408 e. The van der Waals surface area contributed by atoms with E-state index in [1.807, 2.05) is 19.9 Å². The zero-order valence-corrected chi connectivity index (χ0v) is 19.3. The van der Waals surface area contributed by atoms with E-state index < -0.39 is 54.2 Å². The average molecular weight is 455 g/mol. The van der Waals surface area contributed by atoms with Crippen LogP contribution in [0.2, 0.25) is 0 Å². The summed E-state index contributed by atoms with van der Waals surface area (Å²) in [5.41, 5.74) is 5.09. The van der Waals surface area contributed by atoms with Gasteiger partial charge in [-0.1, -0.05) is 44.2 Å². The first-order valence-electron chi connectivity index (χ1n) is 10.6. The number of ether oxygens (including phenoxy) is 2. The third-order valence-corrected chi connectivity index (χ3v) is 4.47. The summed E-state index contributed by atoms with van der Waals surface area (Å²) in [6.45, 7) is 8.59. The lowest BCUT2D eigenvalue weighted by molar-refractivity contribution is -0.159. The lowest BCUT2D eigenvalue weighted by atomic mass is 9.86. The van der Waals surface area contributed by atoms with Gasteiger partial charge in [0, 0.05) is 0 Å². The van der Waals surface area contributed by atoms with Crippen LogP contribution in [-0.2, 0) is 25.7 Å². The van der Waals surface area contributed by atoms with E-state index in [-0.39, 0.29) is 18.9 Å². The number of aliphatic hydroxyl groups excluding tert-OH is 1. The molecule has 0 heterocycles. The average Bonchev–Trinajstić information content (AvgIpc) is 2.68. The molecule has 1 aromatic carbocycles. The molecule has 1 amide bonds. The Kier molecular flexibility index (Phi) is 10.7. The van der Waals surface area contributed by atoms with Crippen LogP contribution in [0.5, 0.6) is 0 Å². The monoisotopic (exact) mass is 454 g/mol. The number of nitrogens with two attached hydrogens (primary N) is 1. The van der Waals surface area contributed by atoms with Gasteiger partial charge < -0.3 is 19.9 Å². The van der Waals surface area contributed by atoms with Crippen LogP contribution in [0.4, 0.5) is 9.18 Å². The fourth-order valence-electron chi connectivity index (χ4n) is 3.06. The van der Waals surface area contributed by atoms with E-state index in [0.29, 0.717) is 0 Å². The summed E-state index contributed by atoms with van der Waals surface area (Å²) in [5, 5.41) is 12.7. The molecule has 0 aromatic heterocycles.